The topological polar surface area (TPSA) is 79.7 Å². The maximum atomic E-state index is 13.6. The van der Waals surface area contributed by atoms with Crippen molar-refractivity contribution in [3.05, 3.63) is 71.7 Å². The number of hydrogen-bond donors (Lipinski definition) is 2. The number of rotatable bonds is 8. The number of carbonyl (C=O) groups excluding carboxylic acids is 1. The summed E-state index contributed by atoms with van der Waals surface area (Å²) in [7, 11) is 1.26. The molecular formula is C26H26FNO4. The van der Waals surface area contributed by atoms with Gasteiger partial charge in [0.25, 0.3) is 0 Å². The van der Waals surface area contributed by atoms with Crippen molar-refractivity contribution in [1.29, 1.82) is 0 Å². The number of aliphatic hydroxyl groups is 2. The number of methoxy groups -OCH3 is 1. The predicted octanol–water partition coefficient (Wildman–Crippen LogP) is 4.61. The van der Waals surface area contributed by atoms with Crippen LogP contribution in [0, 0.1) is 5.82 Å². The summed E-state index contributed by atoms with van der Waals surface area (Å²) in [6, 6.07) is 14.2. The van der Waals surface area contributed by atoms with Crippen LogP contribution >= 0.6 is 0 Å². The summed E-state index contributed by atoms with van der Waals surface area (Å²) >= 11 is 0. The molecule has 2 N–H and O–H groups in total. The van der Waals surface area contributed by atoms with Crippen LogP contribution in [0.1, 0.15) is 42.9 Å². The number of ether oxygens (including phenoxy) is 1. The largest absolute Gasteiger partial charge is 0.469 e. The molecule has 2 aromatic carbocycles. The molecule has 32 heavy (non-hydrogen) atoms. The van der Waals surface area contributed by atoms with E-state index < -0.39 is 18.2 Å². The van der Waals surface area contributed by atoms with Gasteiger partial charge in [0.05, 0.1) is 36.9 Å². The van der Waals surface area contributed by atoms with Crippen LogP contribution in [0.15, 0.2) is 54.6 Å². The van der Waals surface area contributed by atoms with Gasteiger partial charge in [-0.3, -0.25) is 9.78 Å². The van der Waals surface area contributed by atoms with E-state index in [4.69, 9.17) is 4.98 Å². The van der Waals surface area contributed by atoms with Crippen LogP contribution in [0.4, 0.5) is 4.39 Å². The Kier molecular flexibility index (Phi) is 6.63. The van der Waals surface area contributed by atoms with Gasteiger partial charge in [-0.15, -0.1) is 0 Å². The number of aromatic nitrogens is 1. The normalized spacial score (nSPS) is 15.8. The zero-order valence-electron chi connectivity index (χ0n) is 17.9. The fraction of sp³-hybridized carbons (Fsp3) is 0.308. The summed E-state index contributed by atoms with van der Waals surface area (Å²) in [5.41, 5.74) is 4.53. The monoisotopic (exact) mass is 435 g/mol. The first-order valence-corrected chi connectivity index (χ1v) is 10.8. The number of pyridine rings is 1. The molecule has 0 bridgehead atoms. The van der Waals surface area contributed by atoms with Crippen molar-refractivity contribution >= 4 is 22.9 Å². The molecule has 1 heterocycles. The van der Waals surface area contributed by atoms with Crippen molar-refractivity contribution < 1.29 is 24.1 Å². The van der Waals surface area contributed by atoms with E-state index in [0.29, 0.717) is 5.92 Å². The van der Waals surface area contributed by atoms with Crippen molar-refractivity contribution in [2.75, 3.05) is 7.11 Å². The van der Waals surface area contributed by atoms with E-state index in [9.17, 15) is 19.4 Å². The van der Waals surface area contributed by atoms with E-state index in [0.717, 1.165) is 46.1 Å². The number of esters is 1. The van der Waals surface area contributed by atoms with Crippen LogP contribution in [-0.4, -0.2) is 40.5 Å². The van der Waals surface area contributed by atoms with E-state index in [-0.39, 0.29) is 18.7 Å². The quantitative estimate of drug-likeness (QED) is 0.505. The Bertz CT molecular complexity index is 1140. The van der Waals surface area contributed by atoms with Crippen LogP contribution < -0.4 is 0 Å². The molecule has 2 unspecified atom stereocenters. The number of aliphatic hydroxyl groups excluding tert-OH is 2. The Hall–Kier alpha value is -3.09. The first kappa shape index (κ1) is 22.1. The van der Waals surface area contributed by atoms with Crippen molar-refractivity contribution in [2.45, 2.75) is 43.8 Å². The maximum Gasteiger partial charge on any atom is 0.308 e. The lowest BCUT2D eigenvalue weighted by Gasteiger charge is -2.16. The molecule has 5 nitrogen and oxygen atoms in total. The second kappa shape index (κ2) is 9.59. The molecule has 0 saturated heterocycles. The van der Waals surface area contributed by atoms with Gasteiger partial charge in [0.2, 0.25) is 0 Å². The molecule has 0 aliphatic heterocycles. The highest BCUT2D eigenvalue weighted by atomic mass is 19.1. The summed E-state index contributed by atoms with van der Waals surface area (Å²) in [4.78, 5) is 16.3. The first-order chi connectivity index (χ1) is 15.5. The summed E-state index contributed by atoms with van der Waals surface area (Å²) in [6.07, 6.45) is 3.44. The lowest BCUT2D eigenvalue weighted by Crippen LogP contribution is -2.20. The van der Waals surface area contributed by atoms with E-state index in [2.05, 4.69) is 4.74 Å². The Balaban J connectivity index is 1.75. The van der Waals surface area contributed by atoms with Crippen molar-refractivity contribution in [3.63, 3.8) is 0 Å². The SMILES string of the molecule is COC(=O)CC(O)CC(O)C=Cc1c(C2CC2)nc2ccccc2c1-c1ccc(F)cc1. The standard InChI is InChI=1S/C26H26FNO4/c1-32-24(31)15-20(30)14-19(29)12-13-22-25(16-8-10-18(27)11-9-16)21-4-2-3-5-23(21)28-26(22)17-6-7-17/h2-5,8-13,17,19-20,29-30H,6-7,14-15H2,1H3. The number of benzene rings is 2. The highest BCUT2D eigenvalue weighted by Crippen LogP contribution is 2.45. The lowest BCUT2D eigenvalue weighted by atomic mass is 9.92. The Morgan fingerprint density at radius 2 is 1.91 bits per heavy atom. The van der Waals surface area contributed by atoms with Gasteiger partial charge in [-0.25, -0.2) is 4.39 Å². The molecule has 0 radical (unpaired) electrons. The summed E-state index contributed by atoms with van der Waals surface area (Å²) < 4.78 is 18.2. The van der Waals surface area contributed by atoms with Crippen LogP contribution in [0.2, 0.25) is 0 Å². The zero-order chi connectivity index (χ0) is 22.7. The molecule has 3 aromatic rings. The third-order valence-electron chi connectivity index (χ3n) is 5.69. The molecule has 0 spiro atoms. The molecule has 1 saturated carbocycles. The predicted molar refractivity (Wildman–Crippen MR) is 121 cm³/mol. The smallest absolute Gasteiger partial charge is 0.308 e. The third kappa shape index (κ3) is 5.03. The fourth-order valence-corrected chi connectivity index (χ4v) is 3.93. The molecule has 0 amide bonds. The molecule has 1 aliphatic rings. The van der Waals surface area contributed by atoms with Crippen LogP contribution in [0.3, 0.4) is 0 Å². The minimum atomic E-state index is -1.00. The van der Waals surface area contributed by atoms with Crippen LogP contribution in [-0.2, 0) is 9.53 Å². The number of carbonyl (C=O) groups is 1. The van der Waals surface area contributed by atoms with Gasteiger partial charge in [0.15, 0.2) is 0 Å². The third-order valence-corrected chi connectivity index (χ3v) is 5.69. The second-order valence-corrected chi connectivity index (χ2v) is 8.18. The molecule has 1 aliphatic carbocycles. The maximum absolute atomic E-state index is 13.6. The van der Waals surface area contributed by atoms with E-state index >= 15 is 0 Å². The molecule has 166 valence electrons. The van der Waals surface area contributed by atoms with Crippen molar-refractivity contribution in [3.8, 4) is 11.1 Å². The minimum Gasteiger partial charge on any atom is -0.469 e. The van der Waals surface area contributed by atoms with Crippen molar-refractivity contribution in [1.82, 2.24) is 4.98 Å². The Morgan fingerprint density at radius 1 is 1.19 bits per heavy atom. The van der Waals surface area contributed by atoms with E-state index in [1.165, 1.54) is 19.2 Å². The summed E-state index contributed by atoms with van der Waals surface area (Å²) in [5, 5.41) is 21.4. The van der Waals surface area contributed by atoms with Crippen molar-refractivity contribution in [2.24, 2.45) is 0 Å². The highest BCUT2D eigenvalue weighted by Gasteiger charge is 2.29. The molecule has 1 aromatic heterocycles. The van der Waals surface area contributed by atoms with Gasteiger partial charge in [-0.1, -0.05) is 42.5 Å². The van der Waals surface area contributed by atoms with Gasteiger partial charge in [-0.2, -0.15) is 0 Å². The fourth-order valence-electron chi connectivity index (χ4n) is 3.93. The summed E-state index contributed by atoms with van der Waals surface area (Å²) in [5.74, 6) is -0.482. The Labute approximate surface area is 186 Å². The number of hydrogen-bond acceptors (Lipinski definition) is 5. The van der Waals surface area contributed by atoms with E-state index in [1.807, 2.05) is 30.3 Å². The van der Waals surface area contributed by atoms with Gasteiger partial charge in [0, 0.05) is 28.9 Å². The first-order valence-electron chi connectivity index (χ1n) is 10.8. The summed E-state index contributed by atoms with van der Waals surface area (Å²) in [6.45, 7) is 0. The van der Waals surface area contributed by atoms with Gasteiger partial charge in [0.1, 0.15) is 5.82 Å². The molecular weight excluding hydrogens is 409 g/mol. The zero-order valence-corrected chi connectivity index (χ0v) is 17.9. The number of fused-ring (bicyclic) bond motifs is 1. The Morgan fingerprint density at radius 3 is 2.59 bits per heavy atom. The van der Waals surface area contributed by atoms with Gasteiger partial charge in [-0.05, 0) is 36.6 Å². The van der Waals surface area contributed by atoms with E-state index in [1.54, 1.807) is 18.2 Å². The molecule has 2 atom stereocenters. The molecule has 4 rings (SSSR count). The number of halogens is 1. The second-order valence-electron chi connectivity index (χ2n) is 8.18. The molecule has 1 fully saturated rings. The average Bonchev–Trinajstić information content (AvgIpc) is 3.62. The van der Waals surface area contributed by atoms with Gasteiger partial charge >= 0.3 is 5.97 Å². The average molecular weight is 435 g/mol. The van der Waals surface area contributed by atoms with Gasteiger partial charge < -0.3 is 14.9 Å². The minimum absolute atomic E-state index is 0.0112. The number of nitrogens with zero attached hydrogens (tertiary/aromatic N) is 1. The number of para-hydroxylation sites is 1. The highest BCUT2D eigenvalue weighted by molar-refractivity contribution is 5.99. The molecule has 6 heteroatoms. The van der Waals surface area contributed by atoms with Crippen LogP contribution in [0.5, 0.6) is 0 Å². The van der Waals surface area contributed by atoms with Crippen LogP contribution in [0.25, 0.3) is 28.1 Å². The lowest BCUT2D eigenvalue weighted by molar-refractivity contribution is -0.143.